The molecule has 0 bridgehead atoms. The second-order valence-electron chi connectivity index (χ2n) is 6.71. The van der Waals surface area contributed by atoms with Gasteiger partial charge in [-0.2, -0.15) is 0 Å². The minimum Gasteiger partial charge on any atom is -0.743 e. The summed E-state index contributed by atoms with van der Waals surface area (Å²) >= 11 is 0. The third kappa shape index (κ3) is 4.46. The average Bonchev–Trinajstić information content (AvgIpc) is 2.73. The Labute approximate surface area is 203 Å². The van der Waals surface area contributed by atoms with E-state index in [1.165, 1.54) is 4.90 Å². The van der Waals surface area contributed by atoms with Gasteiger partial charge < -0.3 is 9.29 Å². The SMILES string of the molecule is C/C=C\C(C)=C(/N1c2ccccc2Oc2cccc(-c3ccccn3)c21)S(=O)(=O)[O-].[Na+]. The van der Waals surface area contributed by atoms with E-state index in [4.69, 9.17) is 4.74 Å². The Bertz CT molecular complexity index is 1270. The standard InChI is InChI=1S/C23H20N2O4S.Na/c1-3-9-16(2)23(30(26,27)28)25-19-12-4-5-13-20(19)29-21-14-8-10-17(22(21)25)18-11-6-7-15-24-18;/h3-15H,1-2H3,(H,26,27,28);/q;+1/p-1/b9-3-,23-16+;. The van der Waals surface area contributed by atoms with Gasteiger partial charge in [-0.25, -0.2) is 8.42 Å². The van der Waals surface area contributed by atoms with E-state index in [-0.39, 0.29) is 34.6 Å². The Morgan fingerprint density at radius 1 is 1.03 bits per heavy atom. The van der Waals surface area contributed by atoms with Crippen molar-refractivity contribution in [1.29, 1.82) is 0 Å². The van der Waals surface area contributed by atoms with Crippen LogP contribution in [0, 0.1) is 0 Å². The van der Waals surface area contributed by atoms with Crippen molar-refractivity contribution in [2.45, 2.75) is 13.8 Å². The van der Waals surface area contributed by atoms with Crippen LogP contribution in [-0.2, 0) is 10.1 Å². The van der Waals surface area contributed by atoms with Gasteiger partial charge in [0.25, 0.3) is 0 Å². The smallest absolute Gasteiger partial charge is 0.743 e. The number of hydrogen-bond acceptors (Lipinski definition) is 6. The number of nitrogens with zero attached hydrogens (tertiary/aromatic N) is 2. The molecule has 2 heterocycles. The van der Waals surface area contributed by atoms with Crippen molar-refractivity contribution in [3.8, 4) is 22.8 Å². The zero-order valence-corrected chi connectivity index (χ0v) is 20.3. The first-order valence-electron chi connectivity index (χ1n) is 9.32. The van der Waals surface area contributed by atoms with Crippen molar-refractivity contribution in [1.82, 2.24) is 4.98 Å². The molecular weight excluding hydrogens is 423 g/mol. The van der Waals surface area contributed by atoms with Crippen molar-refractivity contribution < 1.29 is 47.3 Å². The molecular formula is C23H19N2NaO4S. The Kier molecular flexibility index (Phi) is 7.03. The third-order valence-corrected chi connectivity index (χ3v) is 5.66. The number of aromatic nitrogens is 1. The molecule has 1 aromatic heterocycles. The summed E-state index contributed by atoms with van der Waals surface area (Å²) in [5.41, 5.74) is 2.52. The summed E-state index contributed by atoms with van der Waals surface area (Å²) in [6.45, 7) is 3.37. The Balaban J connectivity index is 0.00000272. The van der Waals surface area contributed by atoms with Gasteiger partial charge in [0, 0.05) is 11.8 Å². The largest absolute Gasteiger partial charge is 1.00 e. The van der Waals surface area contributed by atoms with E-state index in [1.54, 1.807) is 68.6 Å². The van der Waals surface area contributed by atoms with E-state index in [1.807, 2.05) is 24.3 Å². The van der Waals surface area contributed by atoms with Gasteiger partial charge in [0.1, 0.15) is 15.1 Å². The number of hydrogen-bond donors (Lipinski definition) is 0. The van der Waals surface area contributed by atoms with Gasteiger partial charge in [0.05, 0.1) is 17.1 Å². The molecule has 0 aliphatic carbocycles. The van der Waals surface area contributed by atoms with Crippen molar-refractivity contribution in [3.05, 3.63) is 89.6 Å². The van der Waals surface area contributed by atoms with Crippen LogP contribution >= 0.6 is 0 Å². The molecule has 8 heteroatoms. The van der Waals surface area contributed by atoms with Gasteiger partial charge in [-0.05, 0) is 49.8 Å². The van der Waals surface area contributed by atoms with Crippen molar-refractivity contribution >= 4 is 21.5 Å². The van der Waals surface area contributed by atoms with Crippen LogP contribution in [0.1, 0.15) is 13.8 Å². The summed E-state index contributed by atoms with van der Waals surface area (Å²) < 4.78 is 43.5. The van der Waals surface area contributed by atoms with Crippen LogP contribution in [0.25, 0.3) is 11.3 Å². The molecule has 1 aliphatic heterocycles. The first-order chi connectivity index (χ1) is 14.4. The molecule has 2 aromatic carbocycles. The van der Waals surface area contributed by atoms with Crippen LogP contribution in [0.4, 0.5) is 11.4 Å². The molecule has 0 unspecified atom stereocenters. The Morgan fingerprint density at radius 2 is 1.74 bits per heavy atom. The number of ether oxygens (including phenoxy) is 1. The van der Waals surface area contributed by atoms with Crippen LogP contribution < -0.4 is 39.2 Å². The van der Waals surface area contributed by atoms with Crippen molar-refractivity contribution in [2.75, 3.05) is 4.90 Å². The maximum Gasteiger partial charge on any atom is 1.00 e. The molecule has 0 radical (unpaired) electrons. The summed E-state index contributed by atoms with van der Waals surface area (Å²) in [5, 5.41) is -0.346. The van der Waals surface area contributed by atoms with Gasteiger partial charge in [-0.3, -0.25) is 9.88 Å². The average molecular weight is 442 g/mol. The fourth-order valence-electron chi connectivity index (χ4n) is 3.55. The van der Waals surface area contributed by atoms with Gasteiger partial charge in [0.2, 0.25) is 0 Å². The number of pyridine rings is 1. The minimum atomic E-state index is -4.84. The Morgan fingerprint density at radius 3 is 2.42 bits per heavy atom. The first kappa shape index (κ1) is 23.2. The maximum absolute atomic E-state index is 12.5. The number of anilines is 2. The molecule has 1 aliphatic rings. The predicted molar refractivity (Wildman–Crippen MR) is 116 cm³/mol. The summed E-state index contributed by atoms with van der Waals surface area (Å²) in [7, 11) is -4.84. The fraction of sp³-hybridized carbons (Fsp3) is 0.0870. The summed E-state index contributed by atoms with van der Waals surface area (Å²) in [6.07, 6.45) is 4.95. The summed E-state index contributed by atoms with van der Waals surface area (Å²) in [6, 6.07) is 17.9. The Hall–Kier alpha value is -2.42. The molecule has 0 fully saturated rings. The number of rotatable bonds is 4. The molecule has 0 spiro atoms. The minimum absolute atomic E-state index is 0. The second kappa shape index (κ2) is 9.38. The zero-order valence-electron chi connectivity index (χ0n) is 17.4. The normalized spacial score (nSPS) is 13.6. The van der Waals surface area contributed by atoms with E-state index in [2.05, 4.69) is 4.98 Å². The molecule has 152 valence electrons. The topological polar surface area (TPSA) is 82.6 Å². The molecule has 4 rings (SSSR count). The first-order valence-corrected chi connectivity index (χ1v) is 10.7. The molecule has 0 N–H and O–H groups in total. The van der Waals surface area contributed by atoms with Crippen LogP contribution in [-0.4, -0.2) is 18.0 Å². The molecule has 0 amide bonds. The summed E-state index contributed by atoms with van der Waals surface area (Å²) in [4.78, 5) is 5.88. The monoisotopic (exact) mass is 442 g/mol. The zero-order chi connectivity index (χ0) is 21.3. The third-order valence-electron chi connectivity index (χ3n) is 4.68. The van der Waals surface area contributed by atoms with E-state index in [0.29, 0.717) is 39.7 Å². The van der Waals surface area contributed by atoms with Crippen LogP contribution in [0.3, 0.4) is 0 Å². The van der Waals surface area contributed by atoms with Crippen LogP contribution in [0.15, 0.2) is 89.6 Å². The number of para-hydroxylation sites is 3. The van der Waals surface area contributed by atoms with Gasteiger partial charge in [0.15, 0.2) is 11.5 Å². The molecule has 0 saturated heterocycles. The fourth-order valence-corrected chi connectivity index (χ4v) is 4.42. The van der Waals surface area contributed by atoms with Gasteiger partial charge in [-0.15, -0.1) is 0 Å². The van der Waals surface area contributed by atoms with Gasteiger partial charge >= 0.3 is 29.6 Å². The number of allylic oxidation sites excluding steroid dienone is 3. The van der Waals surface area contributed by atoms with Crippen LogP contribution in [0.2, 0.25) is 0 Å². The number of fused-ring (bicyclic) bond motifs is 2. The van der Waals surface area contributed by atoms with E-state index >= 15 is 0 Å². The molecule has 0 saturated carbocycles. The predicted octanol–water partition coefficient (Wildman–Crippen LogP) is 2.35. The second-order valence-corrected chi connectivity index (χ2v) is 8.01. The maximum atomic E-state index is 12.5. The molecule has 6 nitrogen and oxygen atoms in total. The van der Waals surface area contributed by atoms with E-state index in [0.717, 1.165) is 0 Å². The molecule has 0 atom stereocenters. The van der Waals surface area contributed by atoms with Gasteiger partial charge in [-0.1, -0.05) is 42.5 Å². The summed E-state index contributed by atoms with van der Waals surface area (Å²) in [5.74, 6) is 0.892. The molecule has 3 aromatic rings. The number of benzene rings is 2. The van der Waals surface area contributed by atoms with E-state index < -0.39 is 10.1 Å². The quantitative estimate of drug-likeness (QED) is 0.351. The van der Waals surface area contributed by atoms with E-state index in [9.17, 15) is 13.0 Å². The van der Waals surface area contributed by atoms with Crippen molar-refractivity contribution in [3.63, 3.8) is 0 Å². The van der Waals surface area contributed by atoms with Crippen molar-refractivity contribution in [2.24, 2.45) is 0 Å². The van der Waals surface area contributed by atoms with Crippen LogP contribution in [0.5, 0.6) is 11.5 Å². The molecule has 31 heavy (non-hydrogen) atoms.